The highest BCUT2D eigenvalue weighted by atomic mass is 32.2. The molecule has 15 heavy (non-hydrogen) atoms. The summed E-state index contributed by atoms with van der Waals surface area (Å²) >= 11 is 12.9. The van der Waals surface area contributed by atoms with Crippen LogP contribution < -0.4 is 0 Å². The Kier molecular flexibility index (Phi) is 2.67. The van der Waals surface area contributed by atoms with Crippen molar-refractivity contribution in [3.63, 3.8) is 0 Å². The van der Waals surface area contributed by atoms with Crippen molar-refractivity contribution in [1.29, 1.82) is 0 Å². The van der Waals surface area contributed by atoms with Crippen LogP contribution in [-0.4, -0.2) is 27.1 Å². The molecule has 1 aliphatic carbocycles. The molecule has 0 aromatic carbocycles. The van der Waals surface area contributed by atoms with Crippen LogP contribution in [0, 0.1) is 0 Å². The van der Waals surface area contributed by atoms with Crippen molar-refractivity contribution < 1.29 is 19.1 Å². The number of rotatable bonds is 0. The maximum atomic E-state index is 11.1. The first kappa shape index (κ1) is 11.5. The minimum atomic E-state index is -1.25. The molecule has 0 radical (unpaired) electrons. The highest BCUT2D eigenvalue weighted by Crippen LogP contribution is 2.51. The van der Waals surface area contributed by atoms with E-state index in [1.807, 2.05) is 0 Å². The maximum absolute atomic E-state index is 11.1. The molecule has 4 nitrogen and oxygen atoms in total. The Morgan fingerprint density at radius 2 is 1.87 bits per heavy atom. The first-order valence-electron chi connectivity index (χ1n) is 4.48. The van der Waals surface area contributed by atoms with Gasteiger partial charge in [-0.3, -0.25) is 0 Å². The fourth-order valence-electron chi connectivity index (χ4n) is 1.81. The number of carbonyl (C=O) groups excluding carboxylic acids is 2. The first-order valence-corrected chi connectivity index (χ1v) is 5.82. The molecular weight excluding hydrogens is 256 g/mol. The molecule has 2 unspecified atom stereocenters. The second-order valence-electron chi connectivity index (χ2n) is 3.69. The van der Waals surface area contributed by atoms with Crippen molar-refractivity contribution in [2.24, 2.45) is 0 Å². The fraction of sp³-hybridized carbons (Fsp3) is 0.750. The largest absolute Gasteiger partial charge is 0.449 e. The molecule has 2 fully saturated rings. The van der Waals surface area contributed by atoms with Crippen LogP contribution in [0.1, 0.15) is 19.3 Å². The molecule has 2 rings (SSSR count). The summed E-state index contributed by atoms with van der Waals surface area (Å²) in [5, 5.41) is 0. The van der Waals surface area contributed by atoms with E-state index in [0.717, 1.165) is 6.42 Å². The molecule has 1 heterocycles. The van der Waals surface area contributed by atoms with Gasteiger partial charge >= 0.3 is 11.9 Å². The monoisotopic (exact) mass is 266 g/mol. The highest BCUT2D eigenvalue weighted by molar-refractivity contribution is 8.02. The van der Waals surface area contributed by atoms with Gasteiger partial charge in [0, 0.05) is 0 Å². The first-order chi connectivity index (χ1) is 6.87. The molecule has 1 saturated carbocycles. The number of hydrogen-bond donors (Lipinski definition) is 3. The van der Waals surface area contributed by atoms with E-state index in [1.165, 1.54) is 0 Å². The van der Waals surface area contributed by atoms with E-state index in [1.54, 1.807) is 0 Å². The van der Waals surface area contributed by atoms with E-state index >= 15 is 0 Å². The van der Waals surface area contributed by atoms with E-state index in [4.69, 9.17) is 9.47 Å². The predicted octanol–water partition coefficient (Wildman–Crippen LogP) is 0.821. The lowest BCUT2D eigenvalue weighted by molar-refractivity contribution is -0.203. The smallest absolute Gasteiger partial charge is 0.419 e. The number of fused-ring (bicyclic) bond motifs is 1. The number of thiol groups is 3. The zero-order chi connectivity index (χ0) is 11.3. The van der Waals surface area contributed by atoms with Crippen LogP contribution in [0.25, 0.3) is 0 Å². The number of ether oxygens (including phenoxy) is 2. The second kappa shape index (κ2) is 3.49. The van der Waals surface area contributed by atoms with Gasteiger partial charge in [0.15, 0.2) is 6.10 Å². The summed E-state index contributed by atoms with van der Waals surface area (Å²) in [6, 6.07) is 0. The Morgan fingerprint density at radius 1 is 1.20 bits per heavy atom. The summed E-state index contributed by atoms with van der Waals surface area (Å²) < 4.78 is 9.06. The van der Waals surface area contributed by atoms with Crippen LogP contribution in [0.15, 0.2) is 0 Å². The molecule has 1 saturated heterocycles. The Balaban J connectivity index is 2.34. The normalized spacial score (nSPS) is 39.0. The van der Waals surface area contributed by atoms with Gasteiger partial charge in [-0.25, -0.2) is 9.59 Å². The second-order valence-corrected chi connectivity index (χ2v) is 6.23. The lowest BCUT2D eigenvalue weighted by Gasteiger charge is -2.49. The Labute approximate surface area is 103 Å². The minimum absolute atomic E-state index is 0.574. The van der Waals surface area contributed by atoms with Gasteiger partial charge in [0.25, 0.3) is 0 Å². The quantitative estimate of drug-likeness (QED) is 0.263. The van der Waals surface area contributed by atoms with Crippen LogP contribution in [0.5, 0.6) is 0 Å². The van der Waals surface area contributed by atoms with Gasteiger partial charge in [0.1, 0.15) is 4.08 Å². The summed E-state index contributed by atoms with van der Waals surface area (Å²) in [6.07, 6.45) is 1.45. The number of hydrogen-bond acceptors (Lipinski definition) is 7. The number of esters is 2. The summed E-state index contributed by atoms with van der Waals surface area (Å²) in [5.41, 5.74) is 0. The minimum Gasteiger partial charge on any atom is -0.449 e. The topological polar surface area (TPSA) is 52.6 Å². The molecule has 0 aromatic rings. The van der Waals surface area contributed by atoms with Crippen LogP contribution in [0.2, 0.25) is 0 Å². The van der Waals surface area contributed by atoms with Gasteiger partial charge in [-0.05, 0) is 19.3 Å². The molecule has 2 aliphatic rings. The van der Waals surface area contributed by atoms with Crippen LogP contribution in [-0.2, 0) is 19.1 Å². The molecule has 0 bridgehead atoms. The average Bonchev–Trinajstić information content (AvgIpc) is 2.11. The molecule has 7 heteroatoms. The zero-order valence-corrected chi connectivity index (χ0v) is 10.4. The standard InChI is InChI=1S/C8H10O4S3/c9-5-6(10)12-8(15)4(11-5)2-1-3-7(8,13)14/h4,13-15H,1-3H2. The Morgan fingerprint density at radius 3 is 2.53 bits per heavy atom. The van der Waals surface area contributed by atoms with Crippen LogP contribution in [0.3, 0.4) is 0 Å². The van der Waals surface area contributed by atoms with E-state index in [2.05, 4.69) is 37.9 Å². The van der Waals surface area contributed by atoms with Gasteiger partial charge in [0.2, 0.25) is 4.93 Å². The molecule has 0 N–H and O–H groups in total. The fourth-order valence-corrected chi connectivity index (χ4v) is 2.89. The SMILES string of the molecule is O=C1OC2CCCC(S)(S)C2(S)OC1=O. The third-order valence-electron chi connectivity index (χ3n) is 2.67. The van der Waals surface area contributed by atoms with Crippen LogP contribution in [0.4, 0.5) is 0 Å². The molecular formula is C8H10O4S3. The third kappa shape index (κ3) is 1.64. The molecule has 2 atom stereocenters. The van der Waals surface area contributed by atoms with Crippen molar-refractivity contribution in [2.45, 2.75) is 34.4 Å². The average molecular weight is 266 g/mol. The summed E-state index contributed by atoms with van der Waals surface area (Å²) in [4.78, 5) is 20.9. The van der Waals surface area contributed by atoms with E-state index in [9.17, 15) is 9.59 Å². The summed E-state index contributed by atoms with van der Waals surface area (Å²) in [7, 11) is 0. The summed E-state index contributed by atoms with van der Waals surface area (Å²) in [5.74, 6) is -2.00. The van der Waals surface area contributed by atoms with Crippen molar-refractivity contribution >= 4 is 49.8 Å². The van der Waals surface area contributed by atoms with Crippen LogP contribution >= 0.6 is 37.9 Å². The van der Waals surface area contributed by atoms with Crippen molar-refractivity contribution in [3.8, 4) is 0 Å². The zero-order valence-electron chi connectivity index (χ0n) is 7.67. The summed E-state index contributed by atoms with van der Waals surface area (Å²) in [6.45, 7) is 0. The molecule has 0 amide bonds. The van der Waals surface area contributed by atoms with E-state index in [0.29, 0.717) is 12.8 Å². The molecule has 84 valence electrons. The van der Waals surface area contributed by atoms with E-state index in [-0.39, 0.29) is 0 Å². The van der Waals surface area contributed by atoms with Gasteiger partial charge in [-0.2, -0.15) is 25.3 Å². The lowest BCUT2D eigenvalue weighted by atomic mass is 9.92. The Bertz CT molecular complexity index is 330. The lowest BCUT2D eigenvalue weighted by Crippen LogP contribution is -2.62. The van der Waals surface area contributed by atoms with Crippen molar-refractivity contribution in [1.82, 2.24) is 0 Å². The molecule has 0 spiro atoms. The maximum Gasteiger partial charge on any atom is 0.419 e. The van der Waals surface area contributed by atoms with Crippen molar-refractivity contribution in [3.05, 3.63) is 0 Å². The van der Waals surface area contributed by atoms with Crippen molar-refractivity contribution in [2.75, 3.05) is 0 Å². The van der Waals surface area contributed by atoms with E-state index < -0.39 is 27.1 Å². The van der Waals surface area contributed by atoms with Gasteiger partial charge in [-0.1, -0.05) is 0 Å². The predicted molar refractivity (Wildman–Crippen MR) is 62.2 cm³/mol. The number of carbonyl (C=O) groups is 2. The molecule has 0 aromatic heterocycles. The van der Waals surface area contributed by atoms with Gasteiger partial charge in [0.05, 0.1) is 0 Å². The Hall–Kier alpha value is -0.0100. The third-order valence-corrected chi connectivity index (χ3v) is 4.89. The van der Waals surface area contributed by atoms with Gasteiger partial charge < -0.3 is 9.47 Å². The molecule has 1 aliphatic heterocycles. The highest BCUT2D eigenvalue weighted by Gasteiger charge is 2.60. The van der Waals surface area contributed by atoms with Gasteiger partial charge in [-0.15, -0.1) is 12.6 Å².